The van der Waals surface area contributed by atoms with Crippen molar-refractivity contribution >= 4 is 11.7 Å². The zero-order valence-electron chi connectivity index (χ0n) is 20.7. The average Bonchev–Trinajstić information content (AvgIpc) is 3.63. The van der Waals surface area contributed by atoms with Crippen molar-refractivity contribution < 1.29 is 13.6 Å². The molecule has 0 radical (unpaired) electrons. The molecular weight excluding hydrogens is 488 g/mol. The molecule has 0 saturated carbocycles. The van der Waals surface area contributed by atoms with Crippen molar-refractivity contribution in [1.29, 1.82) is 0 Å². The number of carbonyl (C=O) groups is 1. The molecule has 3 aliphatic heterocycles. The number of amides is 2. The second-order valence-corrected chi connectivity index (χ2v) is 10.2. The quantitative estimate of drug-likeness (QED) is 0.423. The molecule has 194 valence electrons. The van der Waals surface area contributed by atoms with Crippen LogP contribution in [0.1, 0.15) is 36.1 Å². The van der Waals surface area contributed by atoms with Crippen molar-refractivity contribution in [3.63, 3.8) is 0 Å². The number of piperidine rings is 1. The zero-order chi connectivity index (χ0) is 25.8. The first-order chi connectivity index (χ1) is 18.5. The molecule has 10 heteroatoms. The number of benzene rings is 1. The van der Waals surface area contributed by atoms with E-state index in [0.29, 0.717) is 19.5 Å². The summed E-state index contributed by atoms with van der Waals surface area (Å²) in [5.41, 5.74) is 5.75. The van der Waals surface area contributed by atoms with E-state index in [2.05, 4.69) is 31.5 Å². The minimum absolute atomic E-state index is 0.0715. The summed E-state index contributed by atoms with van der Waals surface area (Å²) in [5, 5.41) is 10.9. The van der Waals surface area contributed by atoms with Gasteiger partial charge in [-0.3, -0.25) is 5.10 Å². The Morgan fingerprint density at radius 3 is 2.89 bits per heavy atom. The molecule has 2 atom stereocenters. The molecule has 0 spiro atoms. The first-order valence-corrected chi connectivity index (χ1v) is 13.0. The third-order valence-electron chi connectivity index (χ3n) is 8.09. The first-order valence-electron chi connectivity index (χ1n) is 13.0. The van der Waals surface area contributed by atoms with Gasteiger partial charge in [0.05, 0.1) is 18.3 Å². The number of urea groups is 1. The Balaban J connectivity index is 1.07. The molecule has 3 aliphatic rings. The van der Waals surface area contributed by atoms with Gasteiger partial charge in [-0.15, -0.1) is 0 Å². The summed E-state index contributed by atoms with van der Waals surface area (Å²) in [6.45, 7) is 1.20. The second-order valence-electron chi connectivity index (χ2n) is 10.2. The van der Waals surface area contributed by atoms with E-state index in [4.69, 9.17) is 0 Å². The number of hydrogen-bond donors (Lipinski definition) is 2. The van der Waals surface area contributed by atoms with Crippen molar-refractivity contribution in [2.24, 2.45) is 0 Å². The molecule has 3 aromatic heterocycles. The van der Waals surface area contributed by atoms with Crippen LogP contribution in [0.25, 0.3) is 16.9 Å². The minimum atomic E-state index is -0.539. The molecule has 6 heterocycles. The van der Waals surface area contributed by atoms with Crippen LogP contribution in [0.4, 0.5) is 13.6 Å². The summed E-state index contributed by atoms with van der Waals surface area (Å²) in [6, 6.07) is 7.79. The highest BCUT2D eigenvalue weighted by Gasteiger charge is 2.38. The van der Waals surface area contributed by atoms with Crippen molar-refractivity contribution in [3.05, 3.63) is 89.2 Å². The van der Waals surface area contributed by atoms with E-state index < -0.39 is 11.6 Å². The number of fused-ring (bicyclic) bond motifs is 4. The van der Waals surface area contributed by atoms with Crippen LogP contribution < -0.4 is 5.32 Å². The van der Waals surface area contributed by atoms with E-state index in [1.54, 1.807) is 6.20 Å². The largest absolute Gasteiger partial charge is 0.366 e. The Bertz CT molecular complexity index is 1550. The smallest absolute Gasteiger partial charge is 0.318 e. The Hall–Kier alpha value is -4.21. The average molecular weight is 516 g/mol. The number of halogens is 2. The fourth-order valence-corrected chi connectivity index (χ4v) is 6.06. The highest BCUT2D eigenvalue weighted by Crippen LogP contribution is 2.37. The molecule has 0 aliphatic carbocycles. The maximum atomic E-state index is 14.4. The lowest BCUT2D eigenvalue weighted by Gasteiger charge is -2.40. The van der Waals surface area contributed by atoms with Crippen molar-refractivity contribution in [2.45, 2.75) is 50.9 Å². The number of nitrogens with one attached hydrogen (secondary N) is 2. The summed E-state index contributed by atoms with van der Waals surface area (Å²) in [4.78, 5) is 21.6. The molecule has 8 nitrogen and oxygen atoms in total. The number of H-pyrrole nitrogens is 1. The lowest BCUT2D eigenvalue weighted by Crippen LogP contribution is -2.51. The number of rotatable bonds is 4. The summed E-state index contributed by atoms with van der Waals surface area (Å²) >= 11 is 0. The number of aromatic amines is 1. The van der Waals surface area contributed by atoms with Crippen molar-refractivity contribution in [1.82, 2.24) is 34.7 Å². The monoisotopic (exact) mass is 515 g/mol. The topological polar surface area (TPSA) is 81.6 Å². The first kappa shape index (κ1) is 22.9. The highest BCUT2D eigenvalue weighted by molar-refractivity contribution is 5.76. The van der Waals surface area contributed by atoms with Crippen LogP contribution >= 0.6 is 0 Å². The van der Waals surface area contributed by atoms with Crippen LogP contribution in [0.2, 0.25) is 0 Å². The third kappa shape index (κ3) is 3.82. The van der Waals surface area contributed by atoms with Gasteiger partial charge in [0.2, 0.25) is 0 Å². The molecule has 1 unspecified atom stereocenters. The molecular formula is C28H27F2N7O. The highest BCUT2D eigenvalue weighted by atomic mass is 19.1. The van der Waals surface area contributed by atoms with Gasteiger partial charge in [0.15, 0.2) is 0 Å². The lowest BCUT2D eigenvalue weighted by atomic mass is 9.98. The van der Waals surface area contributed by atoms with Crippen LogP contribution in [0, 0.1) is 11.6 Å². The summed E-state index contributed by atoms with van der Waals surface area (Å²) in [5.74, 6) is -1.08. The Labute approximate surface area is 218 Å². The van der Waals surface area contributed by atoms with E-state index in [1.165, 1.54) is 18.2 Å². The molecule has 1 saturated heterocycles. The van der Waals surface area contributed by atoms with Gasteiger partial charge in [0, 0.05) is 72.2 Å². The van der Waals surface area contributed by atoms with Gasteiger partial charge in [-0.25, -0.2) is 18.6 Å². The van der Waals surface area contributed by atoms with Gasteiger partial charge in [0.1, 0.15) is 17.3 Å². The summed E-state index contributed by atoms with van der Waals surface area (Å²) in [7, 11) is 0. The minimum Gasteiger partial charge on any atom is -0.366 e. The van der Waals surface area contributed by atoms with E-state index in [9.17, 15) is 13.6 Å². The Morgan fingerprint density at radius 2 is 2.03 bits per heavy atom. The number of imidazole rings is 1. The Kier molecular flexibility index (Phi) is 5.41. The van der Waals surface area contributed by atoms with Gasteiger partial charge in [-0.05, 0) is 43.5 Å². The second kappa shape index (κ2) is 8.97. The van der Waals surface area contributed by atoms with Crippen LogP contribution in [0.15, 0.2) is 60.7 Å². The van der Waals surface area contributed by atoms with Crippen molar-refractivity contribution in [3.8, 4) is 11.3 Å². The summed E-state index contributed by atoms with van der Waals surface area (Å²) in [6.07, 6.45) is 10.9. The molecule has 2 amide bonds. The normalized spacial score (nSPS) is 20.5. The van der Waals surface area contributed by atoms with Crippen molar-refractivity contribution in [2.75, 3.05) is 6.54 Å². The Morgan fingerprint density at radius 1 is 1.16 bits per heavy atom. The maximum Gasteiger partial charge on any atom is 0.318 e. The molecule has 2 N–H and O–H groups in total. The molecule has 1 fully saturated rings. The van der Waals surface area contributed by atoms with Gasteiger partial charge < -0.3 is 19.5 Å². The molecule has 38 heavy (non-hydrogen) atoms. The lowest BCUT2D eigenvalue weighted by molar-refractivity contribution is 0.166. The van der Waals surface area contributed by atoms with E-state index in [-0.39, 0.29) is 30.2 Å². The maximum absolute atomic E-state index is 14.4. The van der Waals surface area contributed by atoms with Crippen LogP contribution in [0.5, 0.6) is 0 Å². The third-order valence-corrected chi connectivity index (χ3v) is 8.09. The molecule has 1 aromatic carbocycles. The number of aromatic nitrogens is 4. The fraction of sp³-hybridized carbons (Fsp3) is 0.321. The number of carbonyl (C=O) groups excluding carboxylic acids is 1. The standard InChI is InChI=1S/C28H27F2N7O/c29-21-2-1-3-22(30)19(21)16-37-18-5-7-24(25(37)8-6-18)32-28(38)36-12-10-23-20(15-36)27(34-33-23)17-4-9-26-31-11-13-35(26)14-17/h1-4,8-9,11,13-14,18,24H,5-7,10,12,15-16H2,(H,32,38)(H,33,34)/t18-,24?/m0/s1. The predicted octanol–water partition coefficient (Wildman–Crippen LogP) is 4.39. The molecule has 7 rings (SSSR count). The van der Waals surface area contributed by atoms with Crippen LogP contribution in [0.3, 0.4) is 0 Å². The van der Waals surface area contributed by atoms with Crippen LogP contribution in [-0.4, -0.2) is 54.0 Å². The van der Waals surface area contributed by atoms with E-state index in [0.717, 1.165) is 53.1 Å². The number of pyridine rings is 1. The van der Waals surface area contributed by atoms with Gasteiger partial charge in [-0.1, -0.05) is 12.1 Å². The predicted molar refractivity (Wildman–Crippen MR) is 137 cm³/mol. The van der Waals surface area contributed by atoms with Gasteiger partial charge in [-0.2, -0.15) is 5.10 Å². The van der Waals surface area contributed by atoms with Gasteiger partial charge in [0.25, 0.3) is 0 Å². The SMILES string of the molecule is O=C(NC1CC[C@H]2CC=C1N2Cc1c(F)cccc1F)N1CCc2[nH]nc(-c3ccc4nccn4c3)c2C1. The number of nitrogens with zero attached hydrogens (tertiary/aromatic N) is 5. The zero-order valence-corrected chi connectivity index (χ0v) is 20.7. The number of hydrogen-bond acceptors (Lipinski definition) is 4. The van der Waals surface area contributed by atoms with Crippen LogP contribution in [-0.2, 0) is 19.5 Å². The molecule has 4 aromatic rings. The van der Waals surface area contributed by atoms with E-state index >= 15 is 0 Å². The summed E-state index contributed by atoms with van der Waals surface area (Å²) < 4.78 is 30.7. The van der Waals surface area contributed by atoms with E-state index in [1.807, 2.05) is 33.8 Å². The molecule has 2 bridgehead atoms. The van der Waals surface area contributed by atoms with Gasteiger partial charge >= 0.3 is 6.03 Å². The fourth-order valence-electron chi connectivity index (χ4n) is 6.06.